The second kappa shape index (κ2) is 6.52. The van der Waals surface area contributed by atoms with E-state index >= 15 is 0 Å². The summed E-state index contributed by atoms with van der Waals surface area (Å²) < 4.78 is 0. The summed E-state index contributed by atoms with van der Waals surface area (Å²) in [7, 11) is 0. The molecule has 1 N–H and O–H groups in total. The minimum absolute atomic E-state index is 0.635. The van der Waals surface area contributed by atoms with Gasteiger partial charge in [0.05, 0.1) is 0 Å². The Labute approximate surface area is 96.0 Å². The van der Waals surface area contributed by atoms with E-state index in [2.05, 4.69) is 33.0 Å². The molecule has 1 aliphatic carbocycles. The van der Waals surface area contributed by atoms with Gasteiger partial charge in [0.25, 0.3) is 0 Å². The van der Waals surface area contributed by atoms with Gasteiger partial charge in [-0.05, 0) is 31.1 Å². The molecule has 1 fully saturated rings. The van der Waals surface area contributed by atoms with Gasteiger partial charge in [-0.3, -0.25) is 0 Å². The van der Waals surface area contributed by atoms with Crippen LogP contribution in [0.25, 0.3) is 0 Å². The molecule has 0 spiro atoms. The minimum atomic E-state index is 0.635. The van der Waals surface area contributed by atoms with E-state index in [1.54, 1.807) is 0 Å². The monoisotopic (exact) mass is 211 g/mol. The lowest BCUT2D eigenvalue weighted by atomic mass is 9.80. The lowest BCUT2D eigenvalue weighted by molar-refractivity contribution is 0.231. The summed E-state index contributed by atoms with van der Waals surface area (Å²) in [5.74, 6) is 1.77. The summed E-state index contributed by atoms with van der Waals surface area (Å²) in [6.45, 7) is 9.24. The predicted octanol–water partition coefficient (Wildman–Crippen LogP) is 3.98. The Bertz CT molecular complexity index is 147. The molecule has 90 valence electrons. The third-order valence-electron chi connectivity index (χ3n) is 3.49. The number of nitrogens with one attached hydrogen (secondary N) is 1. The van der Waals surface area contributed by atoms with Crippen LogP contribution in [0.15, 0.2) is 0 Å². The van der Waals surface area contributed by atoms with Crippen LogP contribution in [0.2, 0.25) is 0 Å². The van der Waals surface area contributed by atoms with E-state index in [0.717, 1.165) is 17.9 Å². The highest BCUT2D eigenvalue weighted by atomic mass is 14.9. The van der Waals surface area contributed by atoms with Crippen molar-refractivity contribution in [3.63, 3.8) is 0 Å². The molecule has 0 amide bonds. The summed E-state index contributed by atoms with van der Waals surface area (Å²) in [6.07, 6.45) is 8.64. The Kier molecular flexibility index (Phi) is 5.66. The van der Waals surface area contributed by atoms with Crippen molar-refractivity contribution in [2.24, 2.45) is 11.8 Å². The van der Waals surface area contributed by atoms with Crippen molar-refractivity contribution >= 4 is 0 Å². The smallest absolute Gasteiger partial charge is 0.0100 e. The molecule has 0 heterocycles. The summed E-state index contributed by atoms with van der Waals surface area (Å²) in [5.41, 5.74) is 0. The molecule has 0 aromatic heterocycles. The SMILES string of the molecule is CC(C)C[C@@H](NC(C)C)C1CCCCC1. The van der Waals surface area contributed by atoms with Crippen LogP contribution in [0.4, 0.5) is 0 Å². The van der Waals surface area contributed by atoms with Crippen LogP contribution in [-0.4, -0.2) is 12.1 Å². The largest absolute Gasteiger partial charge is 0.311 e. The summed E-state index contributed by atoms with van der Waals surface area (Å²) >= 11 is 0. The molecule has 0 radical (unpaired) electrons. The van der Waals surface area contributed by atoms with E-state index in [-0.39, 0.29) is 0 Å². The van der Waals surface area contributed by atoms with Gasteiger partial charge in [-0.15, -0.1) is 0 Å². The van der Waals surface area contributed by atoms with Gasteiger partial charge in [0, 0.05) is 12.1 Å². The van der Waals surface area contributed by atoms with Gasteiger partial charge in [0.1, 0.15) is 0 Å². The van der Waals surface area contributed by atoms with Crippen LogP contribution in [0, 0.1) is 11.8 Å². The maximum atomic E-state index is 3.78. The fraction of sp³-hybridized carbons (Fsp3) is 1.00. The van der Waals surface area contributed by atoms with E-state index in [9.17, 15) is 0 Å². The molecule has 0 aromatic carbocycles. The molecule has 1 heteroatoms. The van der Waals surface area contributed by atoms with Crippen molar-refractivity contribution < 1.29 is 0 Å². The molecule has 0 unspecified atom stereocenters. The van der Waals surface area contributed by atoms with Crippen LogP contribution in [-0.2, 0) is 0 Å². The fourth-order valence-electron chi connectivity index (χ4n) is 2.87. The van der Waals surface area contributed by atoms with Gasteiger partial charge < -0.3 is 5.32 Å². The molecule has 0 aromatic rings. The van der Waals surface area contributed by atoms with Gasteiger partial charge in [-0.1, -0.05) is 47.0 Å². The van der Waals surface area contributed by atoms with Crippen LogP contribution < -0.4 is 5.32 Å². The average Bonchev–Trinajstić information content (AvgIpc) is 2.17. The van der Waals surface area contributed by atoms with Crippen molar-refractivity contribution in [2.75, 3.05) is 0 Å². The maximum Gasteiger partial charge on any atom is 0.0100 e. The second-order valence-electron chi connectivity index (χ2n) is 5.96. The van der Waals surface area contributed by atoms with Crippen molar-refractivity contribution in [3.05, 3.63) is 0 Å². The first kappa shape index (κ1) is 13.0. The quantitative estimate of drug-likeness (QED) is 0.725. The molecule has 0 aliphatic heterocycles. The maximum absolute atomic E-state index is 3.78. The first-order chi connectivity index (χ1) is 7.09. The highest BCUT2D eigenvalue weighted by Crippen LogP contribution is 2.29. The Morgan fingerprint density at radius 2 is 1.60 bits per heavy atom. The molecule has 0 bridgehead atoms. The fourth-order valence-corrected chi connectivity index (χ4v) is 2.87. The van der Waals surface area contributed by atoms with Crippen molar-refractivity contribution in [3.8, 4) is 0 Å². The zero-order chi connectivity index (χ0) is 11.3. The average molecular weight is 211 g/mol. The molecule has 1 atom stereocenters. The zero-order valence-corrected chi connectivity index (χ0v) is 11.1. The summed E-state index contributed by atoms with van der Waals surface area (Å²) in [4.78, 5) is 0. The van der Waals surface area contributed by atoms with Gasteiger partial charge in [-0.25, -0.2) is 0 Å². The number of hydrogen-bond donors (Lipinski definition) is 1. The van der Waals surface area contributed by atoms with Crippen molar-refractivity contribution in [1.82, 2.24) is 5.32 Å². The normalized spacial score (nSPS) is 21.2. The molecule has 15 heavy (non-hydrogen) atoms. The van der Waals surface area contributed by atoms with E-state index in [1.165, 1.54) is 38.5 Å². The van der Waals surface area contributed by atoms with E-state index in [0.29, 0.717) is 6.04 Å². The molecule has 1 saturated carbocycles. The first-order valence-corrected chi connectivity index (χ1v) is 6.85. The van der Waals surface area contributed by atoms with Crippen LogP contribution in [0.1, 0.15) is 66.2 Å². The number of rotatable bonds is 5. The van der Waals surface area contributed by atoms with Crippen molar-refractivity contribution in [2.45, 2.75) is 78.3 Å². The van der Waals surface area contributed by atoms with Gasteiger partial charge >= 0.3 is 0 Å². The lowest BCUT2D eigenvalue weighted by Gasteiger charge is -2.33. The molecule has 1 aliphatic rings. The second-order valence-corrected chi connectivity index (χ2v) is 5.96. The topological polar surface area (TPSA) is 12.0 Å². The standard InChI is InChI=1S/C14H29N/c1-11(2)10-14(15-12(3)4)13-8-6-5-7-9-13/h11-15H,5-10H2,1-4H3/t14-/m1/s1. The van der Waals surface area contributed by atoms with Gasteiger partial charge in [-0.2, -0.15) is 0 Å². The Morgan fingerprint density at radius 1 is 1.00 bits per heavy atom. The van der Waals surface area contributed by atoms with E-state index in [4.69, 9.17) is 0 Å². The molecule has 1 nitrogen and oxygen atoms in total. The molecular weight excluding hydrogens is 182 g/mol. The highest BCUT2D eigenvalue weighted by Gasteiger charge is 2.24. The molecule has 0 saturated heterocycles. The number of hydrogen-bond acceptors (Lipinski definition) is 1. The van der Waals surface area contributed by atoms with Gasteiger partial charge in [0.2, 0.25) is 0 Å². The summed E-state index contributed by atoms with van der Waals surface area (Å²) in [6, 6.07) is 1.40. The van der Waals surface area contributed by atoms with Crippen molar-refractivity contribution in [1.29, 1.82) is 0 Å². The van der Waals surface area contributed by atoms with Gasteiger partial charge in [0.15, 0.2) is 0 Å². The molecular formula is C14H29N. The third kappa shape index (κ3) is 5.01. The zero-order valence-electron chi connectivity index (χ0n) is 11.1. The lowest BCUT2D eigenvalue weighted by Crippen LogP contribution is -2.42. The molecule has 1 rings (SSSR count). The van der Waals surface area contributed by atoms with Crippen LogP contribution >= 0.6 is 0 Å². The highest BCUT2D eigenvalue weighted by molar-refractivity contribution is 4.81. The van der Waals surface area contributed by atoms with Crippen LogP contribution in [0.5, 0.6) is 0 Å². The third-order valence-corrected chi connectivity index (χ3v) is 3.49. The Balaban J connectivity index is 2.45. The van der Waals surface area contributed by atoms with E-state index < -0.39 is 0 Å². The minimum Gasteiger partial charge on any atom is -0.311 e. The Morgan fingerprint density at radius 3 is 2.07 bits per heavy atom. The summed E-state index contributed by atoms with van der Waals surface area (Å²) in [5, 5.41) is 3.78. The van der Waals surface area contributed by atoms with Crippen LogP contribution in [0.3, 0.4) is 0 Å². The van der Waals surface area contributed by atoms with E-state index in [1.807, 2.05) is 0 Å². The Hall–Kier alpha value is -0.0400. The first-order valence-electron chi connectivity index (χ1n) is 6.85. The predicted molar refractivity (Wildman–Crippen MR) is 68.1 cm³/mol.